The summed E-state index contributed by atoms with van der Waals surface area (Å²) in [6, 6.07) is 9.54. The number of thiophene rings is 1. The standard InChI is InChI=1S/C26H33N5O3S/c1-18(25(33)29-26-22(16-27)21-6-4-3-5-7-23(21)35-26)30(2)17-24(32)28-19-8-10-20(11-9-19)31-12-14-34-15-13-31/h8-11,18H,3-7,12-15,17H2,1-2H3,(H,28,32)(H,29,33). The molecule has 186 valence electrons. The van der Waals surface area contributed by atoms with Crippen LogP contribution in [0.3, 0.4) is 0 Å². The Kier molecular flexibility index (Phi) is 8.39. The molecule has 1 aromatic heterocycles. The third-order valence-corrected chi connectivity index (χ3v) is 7.94. The van der Waals surface area contributed by atoms with Crippen LogP contribution in [0.15, 0.2) is 24.3 Å². The van der Waals surface area contributed by atoms with Crippen LogP contribution >= 0.6 is 11.3 Å². The number of hydrogen-bond donors (Lipinski definition) is 2. The average Bonchev–Trinajstić information content (AvgIpc) is 3.02. The van der Waals surface area contributed by atoms with Gasteiger partial charge in [0.2, 0.25) is 11.8 Å². The highest BCUT2D eigenvalue weighted by molar-refractivity contribution is 7.16. The molecule has 1 aliphatic carbocycles. The van der Waals surface area contributed by atoms with E-state index >= 15 is 0 Å². The molecule has 1 aromatic carbocycles. The fourth-order valence-corrected chi connectivity index (χ4v) is 5.75. The number of nitrogens with one attached hydrogen (secondary N) is 2. The lowest BCUT2D eigenvalue weighted by molar-refractivity contribution is -0.122. The van der Waals surface area contributed by atoms with Crippen molar-refractivity contribution in [1.29, 1.82) is 5.26 Å². The van der Waals surface area contributed by atoms with Gasteiger partial charge in [-0.05, 0) is 69.5 Å². The molecule has 8 nitrogen and oxygen atoms in total. The second kappa shape index (κ2) is 11.7. The lowest BCUT2D eigenvalue weighted by atomic mass is 10.1. The highest BCUT2D eigenvalue weighted by atomic mass is 32.1. The summed E-state index contributed by atoms with van der Waals surface area (Å²) >= 11 is 1.52. The van der Waals surface area contributed by atoms with Crippen LogP contribution in [0.1, 0.15) is 42.2 Å². The number of nitrogens with zero attached hydrogens (tertiary/aromatic N) is 3. The Bertz CT molecular complexity index is 1090. The number of anilines is 3. The van der Waals surface area contributed by atoms with E-state index in [9.17, 15) is 14.9 Å². The molecule has 1 saturated heterocycles. The van der Waals surface area contributed by atoms with E-state index in [2.05, 4.69) is 21.6 Å². The molecule has 9 heteroatoms. The van der Waals surface area contributed by atoms with Gasteiger partial charge in [0.25, 0.3) is 0 Å². The summed E-state index contributed by atoms with van der Waals surface area (Å²) in [5.41, 5.74) is 3.53. The number of fused-ring (bicyclic) bond motifs is 1. The first-order valence-corrected chi connectivity index (χ1v) is 13.1. The Morgan fingerprint density at radius 2 is 1.86 bits per heavy atom. The lowest BCUT2D eigenvalue weighted by Crippen LogP contribution is -2.43. The van der Waals surface area contributed by atoms with Crippen LogP contribution < -0.4 is 15.5 Å². The summed E-state index contributed by atoms with van der Waals surface area (Å²) in [5, 5.41) is 16.2. The SMILES string of the molecule is CC(C(=O)Nc1sc2c(c1C#N)CCCCC2)N(C)CC(=O)Nc1ccc(N2CCOCC2)cc1. The van der Waals surface area contributed by atoms with Crippen molar-refractivity contribution in [3.8, 4) is 6.07 Å². The van der Waals surface area contributed by atoms with E-state index < -0.39 is 6.04 Å². The van der Waals surface area contributed by atoms with Crippen molar-refractivity contribution in [3.63, 3.8) is 0 Å². The fourth-order valence-electron chi connectivity index (χ4n) is 4.51. The van der Waals surface area contributed by atoms with Gasteiger partial charge in [-0.25, -0.2) is 0 Å². The van der Waals surface area contributed by atoms with Crippen molar-refractivity contribution in [3.05, 3.63) is 40.3 Å². The van der Waals surface area contributed by atoms with Crippen molar-refractivity contribution in [2.24, 2.45) is 0 Å². The first kappa shape index (κ1) is 25.2. The van der Waals surface area contributed by atoms with Crippen molar-refractivity contribution in [2.45, 2.75) is 45.1 Å². The molecule has 0 radical (unpaired) electrons. The van der Waals surface area contributed by atoms with Crippen LogP contribution in [0.2, 0.25) is 0 Å². The Hall–Kier alpha value is -2.93. The van der Waals surface area contributed by atoms with E-state index in [-0.39, 0.29) is 18.4 Å². The van der Waals surface area contributed by atoms with Gasteiger partial charge in [-0.2, -0.15) is 5.26 Å². The smallest absolute Gasteiger partial charge is 0.242 e. The number of amides is 2. The minimum absolute atomic E-state index is 0.0752. The van der Waals surface area contributed by atoms with Crippen LogP contribution in [0.25, 0.3) is 0 Å². The van der Waals surface area contributed by atoms with Crippen LogP contribution in [0.4, 0.5) is 16.4 Å². The minimum Gasteiger partial charge on any atom is -0.378 e. The quantitative estimate of drug-likeness (QED) is 0.570. The number of nitriles is 1. The number of likely N-dealkylation sites (N-methyl/N-ethyl adjacent to an activating group) is 1. The fraction of sp³-hybridized carbons (Fsp3) is 0.500. The van der Waals surface area contributed by atoms with Gasteiger partial charge in [-0.3, -0.25) is 14.5 Å². The summed E-state index contributed by atoms with van der Waals surface area (Å²) in [6.45, 7) is 5.02. The predicted molar refractivity (Wildman–Crippen MR) is 139 cm³/mol. The normalized spacial score (nSPS) is 16.7. The number of carbonyl (C=O) groups excluding carboxylic acids is 2. The number of hydrogen-bond acceptors (Lipinski definition) is 7. The maximum atomic E-state index is 12.9. The third kappa shape index (κ3) is 6.20. The molecule has 0 saturated carbocycles. The molecule has 2 amide bonds. The van der Waals surface area contributed by atoms with Gasteiger partial charge in [0.1, 0.15) is 11.1 Å². The third-order valence-electron chi connectivity index (χ3n) is 6.73. The van der Waals surface area contributed by atoms with E-state index in [1.807, 2.05) is 24.3 Å². The Morgan fingerprint density at radius 1 is 1.14 bits per heavy atom. The van der Waals surface area contributed by atoms with Gasteiger partial charge in [0.05, 0.1) is 31.4 Å². The number of rotatable bonds is 7. The molecule has 2 heterocycles. The second-order valence-corrected chi connectivity index (χ2v) is 10.3. The molecule has 1 unspecified atom stereocenters. The molecule has 2 N–H and O–H groups in total. The molecular weight excluding hydrogens is 462 g/mol. The number of ether oxygens (including phenoxy) is 1. The molecule has 1 atom stereocenters. The van der Waals surface area contributed by atoms with Gasteiger partial charge in [0.15, 0.2) is 0 Å². The summed E-state index contributed by atoms with van der Waals surface area (Å²) in [4.78, 5) is 30.7. The van der Waals surface area contributed by atoms with Crippen molar-refractivity contribution < 1.29 is 14.3 Å². The Morgan fingerprint density at radius 3 is 2.57 bits per heavy atom. The molecule has 1 aliphatic heterocycles. The Labute approximate surface area is 210 Å². The molecule has 4 rings (SSSR count). The number of carbonyl (C=O) groups is 2. The van der Waals surface area contributed by atoms with Gasteiger partial charge < -0.3 is 20.3 Å². The van der Waals surface area contributed by atoms with Gasteiger partial charge >= 0.3 is 0 Å². The monoisotopic (exact) mass is 495 g/mol. The minimum atomic E-state index is -0.530. The van der Waals surface area contributed by atoms with Crippen LogP contribution in [0.5, 0.6) is 0 Å². The average molecular weight is 496 g/mol. The van der Waals surface area contributed by atoms with Crippen molar-refractivity contribution in [2.75, 3.05) is 55.4 Å². The first-order chi connectivity index (χ1) is 17.0. The highest BCUT2D eigenvalue weighted by Crippen LogP contribution is 2.37. The van der Waals surface area contributed by atoms with Crippen LogP contribution in [-0.4, -0.2) is 62.7 Å². The van der Waals surface area contributed by atoms with Crippen molar-refractivity contribution in [1.82, 2.24) is 4.90 Å². The van der Waals surface area contributed by atoms with E-state index in [4.69, 9.17) is 4.74 Å². The number of morpholine rings is 1. The maximum absolute atomic E-state index is 12.9. The maximum Gasteiger partial charge on any atom is 0.242 e. The summed E-state index contributed by atoms with van der Waals surface area (Å²) in [6.07, 6.45) is 5.24. The number of benzene rings is 1. The van der Waals surface area contributed by atoms with Gasteiger partial charge in [-0.1, -0.05) is 6.42 Å². The molecule has 2 aromatic rings. The van der Waals surface area contributed by atoms with Crippen molar-refractivity contribution >= 4 is 39.5 Å². The molecule has 2 aliphatic rings. The van der Waals surface area contributed by atoms with Crippen LogP contribution in [0, 0.1) is 11.3 Å². The van der Waals surface area contributed by atoms with E-state index in [1.165, 1.54) is 22.6 Å². The van der Waals surface area contributed by atoms with E-state index in [0.29, 0.717) is 10.6 Å². The molecule has 0 bridgehead atoms. The van der Waals surface area contributed by atoms with Crippen LogP contribution in [-0.2, 0) is 27.2 Å². The summed E-state index contributed by atoms with van der Waals surface area (Å²) in [7, 11) is 1.75. The zero-order chi connectivity index (χ0) is 24.8. The molecular formula is C26H33N5O3S. The molecule has 0 spiro atoms. The Balaban J connectivity index is 1.31. The number of aryl methyl sites for hydroxylation is 1. The lowest BCUT2D eigenvalue weighted by Gasteiger charge is -2.29. The largest absolute Gasteiger partial charge is 0.378 e. The first-order valence-electron chi connectivity index (χ1n) is 12.2. The summed E-state index contributed by atoms with van der Waals surface area (Å²) < 4.78 is 5.39. The second-order valence-electron chi connectivity index (χ2n) is 9.16. The molecule has 35 heavy (non-hydrogen) atoms. The predicted octanol–water partition coefficient (Wildman–Crippen LogP) is 3.62. The molecule has 1 fully saturated rings. The van der Waals surface area contributed by atoms with E-state index in [1.54, 1.807) is 18.9 Å². The van der Waals surface area contributed by atoms with Gasteiger partial charge in [0, 0.05) is 29.3 Å². The highest BCUT2D eigenvalue weighted by Gasteiger charge is 2.25. The zero-order valence-electron chi connectivity index (χ0n) is 20.4. The van der Waals surface area contributed by atoms with Gasteiger partial charge in [-0.15, -0.1) is 11.3 Å². The zero-order valence-corrected chi connectivity index (χ0v) is 21.2. The van der Waals surface area contributed by atoms with E-state index in [0.717, 1.165) is 68.9 Å². The topological polar surface area (TPSA) is 97.7 Å². The summed E-state index contributed by atoms with van der Waals surface area (Å²) in [5.74, 6) is -0.408.